The van der Waals surface area contributed by atoms with Crippen LogP contribution in [-0.4, -0.2) is 0 Å². The first kappa shape index (κ1) is 15.9. The molecule has 0 bridgehead atoms. The van der Waals surface area contributed by atoms with Crippen LogP contribution < -0.4 is 0 Å². The van der Waals surface area contributed by atoms with Gasteiger partial charge in [0.2, 0.25) is 0 Å². The summed E-state index contributed by atoms with van der Waals surface area (Å²) in [6, 6.07) is 31.5. The van der Waals surface area contributed by atoms with Crippen molar-refractivity contribution in [3.8, 4) is 33.4 Å². The largest absolute Gasteiger partial charge is 0.0622 e. The predicted octanol–water partition coefficient (Wildman–Crippen LogP) is 6.88. The molecule has 0 radical (unpaired) electrons. The van der Waals surface area contributed by atoms with Crippen molar-refractivity contribution in [2.75, 3.05) is 0 Å². The Kier molecular flexibility index (Phi) is 3.52. The third kappa shape index (κ3) is 2.31. The lowest BCUT2D eigenvalue weighted by Crippen LogP contribution is -2.12. The van der Waals surface area contributed by atoms with Gasteiger partial charge in [0.15, 0.2) is 0 Å². The summed E-state index contributed by atoms with van der Waals surface area (Å²) in [4.78, 5) is 0. The van der Waals surface area contributed by atoms with E-state index < -0.39 is 0 Å². The van der Waals surface area contributed by atoms with E-state index in [1.54, 1.807) is 11.1 Å². The molecular formula is C28H22. The van der Waals surface area contributed by atoms with Gasteiger partial charge in [-0.2, -0.15) is 0 Å². The first-order valence-corrected chi connectivity index (χ1v) is 10.3. The third-order valence-corrected chi connectivity index (χ3v) is 6.51. The van der Waals surface area contributed by atoms with Gasteiger partial charge in [-0.25, -0.2) is 0 Å². The number of fused-ring (bicyclic) bond motifs is 6. The minimum atomic E-state index is 1.13. The summed E-state index contributed by atoms with van der Waals surface area (Å²) < 4.78 is 0. The molecule has 6 rings (SSSR count). The third-order valence-electron chi connectivity index (χ3n) is 6.51. The molecule has 0 nitrogen and oxygen atoms in total. The lowest BCUT2D eigenvalue weighted by atomic mass is 9.74. The van der Waals surface area contributed by atoms with E-state index in [0.717, 1.165) is 25.7 Å². The summed E-state index contributed by atoms with van der Waals surface area (Å²) in [6.07, 6.45) is 4.54. The smallest absolute Gasteiger partial charge is 0.0107 e. The molecule has 0 aliphatic heterocycles. The second-order valence-corrected chi connectivity index (χ2v) is 7.98. The highest BCUT2D eigenvalue weighted by Crippen LogP contribution is 2.47. The van der Waals surface area contributed by atoms with Gasteiger partial charge in [-0.3, -0.25) is 0 Å². The summed E-state index contributed by atoms with van der Waals surface area (Å²) in [5, 5.41) is 0. The molecule has 0 saturated heterocycles. The van der Waals surface area contributed by atoms with Crippen molar-refractivity contribution < 1.29 is 0 Å². The molecule has 0 atom stereocenters. The highest BCUT2D eigenvalue weighted by molar-refractivity contribution is 5.91. The lowest BCUT2D eigenvalue weighted by Gasteiger charge is -2.30. The predicted molar refractivity (Wildman–Crippen MR) is 118 cm³/mol. The Balaban J connectivity index is 1.73. The Morgan fingerprint density at radius 2 is 0.929 bits per heavy atom. The van der Waals surface area contributed by atoms with Crippen molar-refractivity contribution in [3.05, 3.63) is 107 Å². The molecule has 4 aromatic carbocycles. The fourth-order valence-electron chi connectivity index (χ4n) is 5.24. The summed E-state index contributed by atoms with van der Waals surface area (Å²) in [5.74, 6) is 0. The van der Waals surface area contributed by atoms with Crippen LogP contribution in [0.3, 0.4) is 0 Å². The SMILES string of the molecule is c1ccc(-c2c3c(cc4c2CCc2ccccc2-4)-c2ccccc2CC3)cc1. The Bertz CT molecular complexity index is 1120. The molecule has 134 valence electrons. The molecule has 0 saturated carbocycles. The van der Waals surface area contributed by atoms with E-state index >= 15 is 0 Å². The van der Waals surface area contributed by atoms with Crippen LogP contribution in [0.15, 0.2) is 84.9 Å². The summed E-state index contributed by atoms with van der Waals surface area (Å²) in [6.45, 7) is 0. The quantitative estimate of drug-likeness (QED) is 0.348. The Morgan fingerprint density at radius 3 is 1.50 bits per heavy atom. The maximum atomic E-state index is 2.49. The monoisotopic (exact) mass is 358 g/mol. The van der Waals surface area contributed by atoms with Gasteiger partial charge in [-0.1, -0.05) is 78.9 Å². The molecule has 2 aliphatic carbocycles. The average Bonchev–Trinajstić information content (AvgIpc) is 2.78. The van der Waals surface area contributed by atoms with Crippen molar-refractivity contribution in [1.29, 1.82) is 0 Å². The number of hydrogen-bond acceptors (Lipinski definition) is 0. The molecule has 2 aliphatic rings. The van der Waals surface area contributed by atoms with E-state index in [1.165, 1.54) is 44.5 Å². The topological polar surface area (TPSA) is 0 Å². The van der Waals surface area contributed by atoms with Crippen molar-refractivity contribution >= 4 is 0 Å². The van der Waals surface area contributed by atoms with E-state index in [-0.39, 0.29) is 0 Å². The average molecular weight is 358 g/mol. The van der Waals surface area contributed by atoms with E-state index in [9.17, 15) is 0 Å². The normalized spacial score (nSPS) is 13.9. The van der Waals surface area contributed by atoms with E-state index in [1.807, 2.05) is 0 Å². The molecule has 0 heterocycles. The van der Waals surface area contributed by atoms with Gasteiger partial charge in [0.05, 0.1) is 0 Å². The van der Waals surface area contributed by atoms with E-state index in [0.29, 0.717) is 0 Å². The molecule has 0 aromatic heterocycles. The molecule has 0 fully saturated rings. The number of hydrogen-bond donors (Lipinski definition) is 0. The van der Waals surface area contributed by atoms with Crippen LogP contribution >= 0.6 is 0 Å². The molecule has 4 aromatic rings. The number of rotatable bonds is 1. The fourth-order valence-corrected chi connectivity index (χ4v) is 5.24. The van der Waals surface area contributed by atoms with Gasteiger partial charge in [-0.15, -0.1) is 0 Å². The maximum Gasteiger partial charge on any atom is -0.0107 e. The Hall–Kier alpha value is -3.12. The minimum Gasteiger partial charge on any atom is -0.0622 e. The Morgan fingerprint density at radius 1 is 0.429 bits per heavy atom. The molecule has 0 N–H and O–H groups in total. The maximum absolute atomic E-state index is 2.49. The summed E-state index contributed by atoms with van der Waals surface area (Å²) >= 11 is 0. The van der Waals surface area contributed by atoms with Crippen molar-refractivity contribution in [1.82, 2.24) is 0 Å². The van der Waals surface area contributed by atoms with Crippen LogP contribution in [0.4, 0.5) is 0 Å². The molecule has 0 spiro atoms. The zero-order chi connectivity index (χ0) is 18.5. The number of benzene rings is 4. The molecule has 28 heavy (non-hydrogen) atoms. The highest BCUT2D eigenvalue weighted by atomic mass is 14.3. The van der Waals surface area contributed by atoms with Gasteiger partial charge < -0.3 is 0 Å². The Labute approximate surface area is 166 Å². The molecule has 0 amide bonds. The summed E-state index contributed by atoms with van der Waals surface area (Å²) in [5.41, 5.74) is 14.7. The van der Waals surface area contributed by atoms with Gasteiger partial charge in [-0.05, 0) is 87.4 Å². The second-order valence-electron chi connectivity index (χ2n) is 7.98. The summed E-state index contributed by atoms with van der Waals surface area (Å²) in [7, 11) is 0. The first-order chi connectivity index (χ1) is 13.9. The second kappa shape index (κ2) is 6.21. The van der Waals surface area contributed by atoms with Gasteiger partial charge in [0.25, 0.3) is 0 Å². The van der Waals surface area contributed by atoms with Gasteiger partial charge in [0, 0.05) is 0 Å². The van der Waals surface area contributed by atoms with Gasteiger partial charge in [0.1, 0.15) is 0 Å². The van der Waals surface area contributed by atoms with Crippen molar-refractivity contribution in [3.63, 3.8) is 0 Å². The van der Waals surface area contributed by atoms with Crippen LogP contribution in [0.1, 0.15) is 22.3 Å². The molecule has 0 unspecified atom stereocenters. The van der Waals surface area contributed by atoms with Crippen LogP contribution in [0, 0.1) is 0 Å². The molecule has 0 heteroatoms. The van der Waals surface area contributed by atoms with Crippen LogP contribution in [0.25, 0.3) is 33.4 Å². The van der Waals surface area contributed by atoms with Crippen molar-refractivity contribution in [2.24, 2.45) is 0 Å². The molecular weight excluding hydrogens is 336 g/mol. The van der Waals surface area contributed by atoms with Crippen LogP contribution in [0.5, 0.6) is 0 Å². The van der Waals surface area contributed by atoms with Crippen LogP contribution in [0.2, 0.25) is 0 Å². The number of aryl methyl sites for hydroxylation is 2. The van der Waals surface area contributed by atoms with Crippen LogP contribution in [-0.2, 0) is 25.7 Å². The first-order valence-electron chi connectivity index (χ1n) is 10.3. The van der Waals surface area contributed by atoms with Crippen molar-refractivity contribution in [2.45, 2.75) is 25.7 Å². The minimum absolute atomic E-state index is 1.13. The standard InChI is InChI=1S/C28H22/c1-2-10-21(11-3-1)28-24-16-14-19-8-4-6-12-22(19)26(24)18-27-23-13-7-5-9-20(23)15-17-25(27)28/h1-13,18H,14-17H2. The fraction of sp³-hybridized carbons (Fsp3) is 0.143. The lowest BCUT2D eigenvalue weighted by molar-refractivity contribution is 0.913. The highest BCUT2D eigenvalue weighted by Gasteiger charge is 2.27. The zero-order valence-electron chi connectivity index (χ0n) is 15.9. The van der Waals surface area contributed by atoms with Gasteiger partial charge >= 0.3 is 0 Å². The zero-order valence-corrected chi connectivity index (χ0v) is 15.9. The van der Waals surface area contributed by atoms with E-state index in [4.69, 9.17) is 0 Å². The van der Waals surface area contributed by atoms with E-state index in [2.05, 4.69) is 84.9 Å².